The van der Waals surface area contributed by atoms with Gasteiger partial charge in [0.1, 0.15) is 0 Å². The summed E-state index contributed by atoms with van der Waals surface area (Å²) in [5.41, 5.74) is 4.96. The molecule has 4 rings (SSSR count). The lowest BCUT2D eigenvalue weighted by Gasteiger charge is -2.30. The van der Waals surface area contributed by atoms with E-state index in [0.717, 1.165) is 34.7 Å². The molecule has 0 saturated heterocycles. The predicted octanol–water partition coefficient (Wildman–Crippen LogP) is 7.49. The quantitative estimate of drug-likeness (QED) is 0.520. The fourth-order valence-corrected chi connectivity index (χ4v) is 6.59. The van der Waals surface area contributed by atoms with Crippen molar-refractivity contribution in [1.29, 1.82) is 0 Å². The summed E-state index contributed by atoms with van der Waals surface area (Å²) in [5.74, 6) is 4.33. The van der Waals surface area contributed by atoms with Crippen molar-refractivity contribution >= 4 is 11.0 Å². The van der Waals surface area contributed by atoms with Crippen LogP contribution in [0.4, 0.5) is 0 Å². The van der Waals surface area contributed by atoms with Gasteiger partial charge in [-0.1, -0.05) is 65.5 Å². The molecule has 1 heterocycles. The number of fused-ring (bicyclic) bond motifs is 1. The molecule has 2 nitrogen and oxygen atoms in total. The molecule has 0 bridgehead atoms. The van der Waals surface area contributed by atoms with Crippen LogP contribution in [0.25, 0.3) is 11.0 Å². The van der Waals surface area contributed by atoms with Gasteiger partial charge in [0.15, 0.2) is 0 Å². The summed E-state index contributed by atoms with van der Waals surface area (Å²) in [5, 5.41) is 0. The molecule has 28 heavy (non-hydrogen) atoms. The average molecular weight is 379 g/mol. The van der Waals surface area contributed by atoms with Gasteiger partial charge in [-0.3, -0.25) is 0 Å². The normalized spacial score (nSPS) is 29.1. The number of benzene rings is 1. The van der Waals surface area contributed by atoms with Crippen LogP contribution < -0.4 is 0 Å². The lowest BCUT2D eigenvalue weighted by atomic mass is 9.77. The zero-order valence-electron chi connectivity index (χ0n) is 18.3. The minimum absolute atomic E-state index is 0.609. The predicted molar refractivity (Wildman–Crippen MR) is 119 cm³/mol. The maximum atomic E-state index is 5.37. The Labute approximate surface area is 171 Å². The van der Waals surface area contributed by atoms with Crippen molar-refractivity contribution in [2.24, 2.45) is 23.7 Å². The van der Waals surface area contributed by atoms with E-state index in [1.54, 1.807) is 0 Å². The highest BCUT2D eigenvalue weighted by Gasteiger charge is 2.43. The summed E-state index contributed by atoms with van der Waals surface area (Å²) < 4.78 is 0. The monoisotopic (exact) mass is 378 g/mol. The minimum atomic E-state index is 0.609. The zero-order valence-corrected chi connectivity index (χ0v) is 18.3. The third-order valence-corrected chi connectivity index (χ3v) is 8.20. The van der Waals surface area contributed by atoms with Crippen LogP contribution in [0, 0.1) is 23.7 Å². The van der Waals surface area contributed by atoms with Crippen molar-refractivity contribution in [3.63, 3.8) is 0 Å². The van der Waals surface area contributed by atoms with Crippen molar-refractivity contribution in [3.8, 4) is 0 Å². The van der Waals surface area contributed by atoms with Crippen molar-refractivity contribution in [1.82, 2.24) is 9.97 Å². The summed E-state index contributed by atoms with van der Waals surface area (Å²) >= 11 is 0. The van der Waals surface area contributed by atoms with Gasteiger partial charge in [-0.2, -0.15) is 0 Å². The standard InChI is InChI=1S/C26H38N2/c1-5-17-13-14-18(6-2)23(17)25-26(24-19(7-3)15-16-20(24)8-4)28-22-12-10-9-11-21(22)27-25/h9-12,17-20,23-24H,5-8,13-16H2,1-4H3/t17-,18-,19-,20-/m1/s1. The Hall–Kier alpha value is -1.44. The maximum Gasteiger partial charge on any atom is 0.0890 e. The molecule has 2 heteroatoms. The number of hydrogen-bond donors (Lipinski definition) is 0. The molecular weight excluding hydrogens is 340 g/mol. The second-order valence-corrected chi connectivity index (χ2v) is 9.36. The molecule has 0 amide bonds. The first-order chi connectivity index (χ1) is 13.7. The summed E-state index contributed by atoms with van der Waals surface area (Å²) in [6.45, 7) is 9.51. The van der Waals surface area contributed by atoms with Crippen LogP contribution in [0.2, 0.25) is 0 Å². The van der Waals surface area contributed by atoms with Gasteiger partial charge in [-0.15, -0.1) is 0 Å². The molecule has 0 unspecified atom stereocenters. The topological polar surface area (TPSA) is 25.8 Å². The Kier molecular flexibility index (Phi) is 6.04. The van der Waals surface area contributed by atoms with Gasteiger partial charge < -0.3 is 0 Å². The van der Waals surface area contributed by atoms with E-state index in [4.69, 9.17) is 9.97 Å². The van der Waals surface area contributed by atoms with E-state index in [-0.39, 0.29) is 0 Å². The Balaban J connectivity index is 1.90. The molecule has 0 radical (unpaired) electrons. The third kappa shape index (κ3) is 3.37. The summed E-state index contributed by atoms with van der Waals surface area (Å²) in [4.78, 5) is 10.7. The highest BCUT2D eigenvalue weighted by atomic mass is 14.9. The first-order valence-corrected chi connectivity index (χ1v) is 12.0. The van der Waals surface area contributed by atoms with Crippen molar-refractivity contribution in [3.05, 3.63) is 35.7 Å². The highest BCUT2D eigenvalue weighted by molar-refractivity contribution is 5.74. The van der Waals surface area contributed by atoms with Crippen LogP contribution in [0.15, 0.2) is 24.3 Å². The SMILES string of the molecule is CC[C@@H]1CC[C@@H](CC)C1c1nc2ccccc2nc1C1[C@H](CC)CC[C@H]1CC. The average Bonchev–Trinajstić information content (AvgIpc) is 3.35. The van der Waals surface area contributed by atoms with Crippen LogP contribution in [-0.4, -0.2) is 9.97 Å². The fourth-order valence-electron chi connectivity index (χ4n) is 6.59. The molecule has 0 spiro atoms. The number of aromatic nitrogens is 2. The molecule has 2 aromatic rings. The summed E-state index contributed by atoms with van der Waals surface area (Å²) in [7, 11) is 0. The summed E-state index contributed by atoms with van der Waals surface area (Å²) in [6.07, 6.45) is 10.6. The lowest BCUT2D eigenvalue weighted by molar-refractivity contribution is 0.354. The molecule has 2 saturated carbocycles. The molecule has 152 valence electrons. The number of para-hydroxylation sites is 2. The first kappa shape index (κ1) is 19.9. The highest BCUT2D eigenvalue weighted by Crippen LogP contribution is 2.52. The molecule has 0 aliphatic heterocycles. The Bertz CT molecular complexity index is 708. The van der Waals surface area contributed by atoms with Crippen LogP contribution in [0.3, 0.4) is 0 Å². The third-order valence-electron chi connectivity index (χ3n) is 8.20. The van der Waals surface area contributed by atoms with Gasteiger partial charge in [-0.05, 0) is 61.5 Å². The molecule has 4 atom stereocenters. The van der Waals surface area contributed by atoms with Gasteiger partial charge >= 0.3 is 0 Å². The molecule has 2 fully saturated rings. The van der Waals surface area contributed by atoms with E-state index in [1.165, 1.54) is 62.8 Å². The van der Waals surface area contributed by atoms with E-state index in [2.05, 4.69) is 52.0 Å². The Morgan fingerprint density at radius 3 is 1.21 bits per heavy atom. The van der Waals surface area contributed by atoms with Crippen molar-refractivity contribution in [2.75, 3.05) is 0 Å². The number of rotatable bonds is 6. The Morgan fingerprint density at radius 2 is 0.929 bits per heavy atom. The van der Waals surface area contributed by atoms with Crippen LogP contribution in [0.5, 0.6) is 0 Å². The van der Waals surface area contributed by atoms with E-state index in [0.29, 0.717) is 11.8 Å². The number of hydrogen-bond acceptors (Lipinski definition) is 2. The number of nitrogens with zero attached hydrogens (tertiary/aromatic N) is 2. The Morgan fingerprint density at radius 1 is 0.607 bits per heavy atom. The smallest absolute Gasteiger partial charge is 0.0890 e. The van der Waals surface area contributed by atoms with Crippen LogP contribution in [0.1, 0.15) is 102 Å². The molecule has 1 aromatic heterocycles. The van der Waals surface area contributed by atoms with Gasteiger partial charge in [0.05, 0.1) is 22.4 Å². The van der Waals surface area contributed by atoms with E-state index >= 15 is 0 Å². The van der Waals surface area contributed by atoms with Gasteiger partial charge in [0.25, 0.3) is 0 Å². The second kappa shape index (κ2) is 8.51. The maximum absolute atomic E-state index is 5.37. The van der Waals surface area contributed by atoms with Crippen LogP contribution >= 0.6 is 0 Å². The largest absolute Gasteiger partial charge is 0.249 e. The van der Waals surface area contributed by atoms with Gasteiger partial charge in [-0.25, -0.2) is 9.97 Å². The fraction of sp³-hybridized carbons (Fsp3) is 0.692. The molecule has 2 aliphatic carbocycles. The molecular formula is C26H38N2. The molecule has 2 aliphatic rings. The first-order valence-electron chi connectivity index (χ1n) is 12.0. The minimum Gasteiger partial charge on any atom is -0.249 e. The molecule has 0 N–H and O–H groups in total. The van der Waals surface area contributed by atoms with E-state index < -0.39 is 0 Å². The van der Waals surface area contributed by atoms with Gasteiger partial charge in [0.2, 0.25) is 0 Å². The van der Waals surface area contributed by atoms with E-state index in [9.17, 15) is 0 Å². The lowest BCUT2D eigenvalue weighted by Crippen LogP contribution is -2.22. The van der Waals surface area contributed by atoms with Crippen molar-refractivity contribution < 1.29 is 0 Å². The summed E-state index contributed by atoms with van der Waals surface area (Å²) in [6, 6.07) is 8.55. The molecule has 1 aromatic carbocycles. The van der Waals surface area contributed by atoms with Crippen molar-refractivity contribution in [2.45, 2.75) is 90.9 Å². The van der Waals surface area contributed by atoms with Gasteiger partial charge in [0, 0.05) is 11.8 Å². The van der Waals surface area contributed by atoms with E-state index in [1.807, 2.05) is 0 Å². The van der Waals surface area contributed by atoms with Crippen LogP contribution in [-0.2, 0) is 0 Å². The zero-order chi connectivity index (χ0) is 19.7. The second-order valence-electron chi connectivity index (χ2n) is 9.36.